The number of phenolic OH excluding ortho intramolecular Hbond substituents is 2. The summed E-state index contributed by atoms with van der Waals surface area (Å²) >= 11 is 6.26. The van der Waals surface area contributed by atoms with Gasteiger partial charge in [0.05, 0.1) is 61.2 Å². The molecule has 12 heteroatoms. The Hall–Kier alpha value is -2.93. The van der Waals surface area contributed by atoms with Gasteiger partial charge in [0, 0.05) is 33.2 Å². The summed E-state index contributed by atoms with van der Waals surface area (Å²) in [6, 6.07) is 4.57. The number of fused-ring (bicyclic) bond motifs is 1. The maximum absolute atomic E-state index is 10.2. The van der Waals surface area contributed by atoms with Crippen molar-refractivity contribution in [2.45, 2.75) is 12.7 Å². The minimum Gasteiger partial charge on any atom is -0.508 e. The summed E-state index contributed by atoms with van der Waals surface area (Å²) in [5, 5.41) is 23.8. The zero-order chi connectivity index (χ0) is 28.4. The van der Waals surface area contributed by atoms with Crippen LogP contribution in [0.5, 0.6) is 46.0 Å². The normalized spacial score (nSPS) is 14.0. The number of benzene rings is 1. The molecule has 1 aliphatic rings. The third-order valence-electron chi connectivity index (χ3n) is 6.41. The molecule has 4 heterocycles. The number of aromatic hydroxyl groups is 2. The number of ether oxygens (including phenoxy) is 6. The maximum Gasteiger partial charge on any atom is 0.181 e. The molecule has 1 aromatic carbocycles. The number of methoxy groups -OCH3 is 4. The van der Waals surface area contributed by atoms with Gasteiger partial charge in [0.1, 0.15) is 11.5 Å². The summed E-state index contributed by atoms with van der Waals surface area (Å²) < 4.78 is 35.7. The lowest BCUT2D eigenvalue weighted by Crippen LogP contribution is -2.32. The van der Waals surface area contributed by atoms with Crippen molar-refractivity contribution in [3.05, 3.63) is 34.5 Å². The third kappa shape index (κ3) is 5.37. The smallest absolute Gasteiger partial charge is 0.181 e. The second-order valence-electron chi connectivity index (χ2n) is 9.45. The van der Waals surface area contributed by atoms with Crippen LogP contribution in [0.15, 0.2) is 29.0 Å². The van der Waals surface area contributed by atoms with Crippen LogP contribution in [0.25, 0.3) is 19.5 Å². The van der Waals surface area contributed by atoms with Gasteiger partial charge < -0.3 is 38.6 Å². The van der Waals surface area contributed by atoms with Gasteiger partial charge in [-0.15, -0.1) is 34.0 Å². The highest BCUT2D eigenvalue weighted by Gasteiger charge is 2.37. The maximum atomic E-state index is 10.2. The largest absolute Gasteiger partial charge is 0.508 e. The van der Waals surface area contributed by atoms with Crippen LogP contribution in [0.4, 0.5) is 0 Å². The molecule has 4 aromatic rings. The highest BCUT2D eigenvalue weighted by atomic mass is 32.2. The quantitative estimate of drug-likeness (QED) is 0.176. The molecular weight excluding hydrogens is 593 g/mol. The van der Waals surface area contributed by atoms with Crippen molar-refractivity contribution in [2.24, 2.45) is 5.41 Å². The van der Waals surface area contributed by atoms with Crippen molar-refractivity contribution in [3.63, 3.8) is 0 Å². The minimum absolute atomic E-state index is 0.131. The number of hydrogen-bond acceptors (Lipinski definition) is 12. The molecule has 0 spiro atoms. The average molecular weight is 623 g/mol. The molecule has 0 amide bonds. The average Bonchev–Trinajstić information content (AvgIpc) is 3.63. The van der Waals surface area contributed by atoms with Crippen LogP contribution in [0.2, 0.25) is 0 Å². The van der Waals surface area contributed by atoms with E-state index in [1.54, 1.807) is 57.6 Å². The van der Waals surface area contributed by atoms with Crippen molar-refractivity contribution in [1.29, 1.82) is 0 Å². The van der Waals surface area contributed by atoms with Gasteiger partial charge in [-0.05, 0) is 18.2 Å². The molecular formula is C28H30O8S4. The molecule has 0 bridgehead atoms. The van der Waals surface area contributed by atoms with Gasteiger partial charge in [-0.2, -0.15) is 11.8 Å². The molecule has 0 saturated carbocycles. The lowest BCUT2D eigenvalue weighted by Gasteiger charge is -2.26. The third-order valence-corrected chi connectivity index (χ3v) is 11.2. The molecule has 8 nitrogen and oxygen atoms in total. The van der Waals surface area contributed by atoms with Gasteiger partial charge >= 0.3 is 0 Å². The monoisotopic (exact) mass is 622 g/mol. The standard InChI is InChI=1S/C28H30O8S4/c1-28(14-37-9-15-8-16(29)6-7-17(15)30)12-35-22-23(36-13-28)27(25-21(34-5)19(32-3)11-39-25)40-26(22)24-20(33-4)18(31-2)10-38-24/h6-8,10-11,29-30H,9,12-14H2,1-5H3. The van der Waals surface area contributed by atoms with Gasteiger partial charge in [-0.1, -0.05) is 6.92 Å². The molecule has 0 fully saturated rings. The Kier molecular flexibility index (Phi) is 8.50. The van der Waals surface area contributed by atoms with E-state index in [1.807, 2.05) is 10.8 Å². The Labute approximate surface area is 249 Å². The summed E-state index contributed by atoms with van der Waals surface area (Å²) in [5.74, 6) is 5.51. The number of hydrogen-bond donors (Lipinski definition) is 2. The predicted molar refractivity (Wildman–Crippen MR) is 162 cm³/mol. The Morgan fingerprint density at radius 1 is 0.825 bits per heavy atom. The second kappa shape index (κ2) is 11.9. The zero-order valence-electron chi connectivity index (χ0n) is 22.7. The highest BCUT2D eigenvalue weighted by molar-refractivity contribution is 7.98. The topological polar surface area (TPSA) is 95.8 Å². The number of phenols is 2. The van der Waals surface area contributed by atoms with Crippen LogP contribution in [0.1, 0.15) is 12.5 Å². The molecule has 214 valence electrons. The van der Waals surface area contributed by atoms with E-state index in [4.69, 9.17) is 28.4 Å². The van der Waals surface area contributed by atoms with Crippen molar-refractivity contribution in [2.75, 3.05) is 47.4 Å². The fourth-order valence-electron chi connectivity index (χ4n) is 4.32. The summed E-state index contributed by atoms with van der Waals surface area (Å²) in [5.41, 5.74) is 0.362. The number of thiophene rings is 3. The van der Waals surface area contributed by atoms with Crippen LogP contribution >= 0.6 is 45.8 Å². The lowest BCUT2D eigenvalue weighted by atomic mass is 9.96. The van der Waals surface area contributed by atoms with Gasteiger partial charge in [0.25, 0.3) is 0 Å². The molecule has 0 unspecified atom stereocenters. The second-order valence-corrected chi connectivity index (χ2v) is 13.2. The van der Waals surface area contributed by atoms with Gasteiger partial charge in [-0.25, -0.2) is 0 Å². The Morgan fingerprint density at radius 2 is 1.38 bits per heavy atom. The predicted octanol–water partition coefficient (Wildman–Crippen LogP) is 7.36. The Morgan fingerprint density at radius 3 is 1.88 bits per heavy atom. The molecule has 1 aliphatic heterocycles. The fourth-order valence-corrected chi connectivity index (χ4v) is 8.97. The minimum atomic E-state index is -0.323. The van der Waals surface area contributed by atoms with Crippen LogP contribution in [0.3, 0.4) is 0 Å². The lowest BCUT2D eigenvalue weighted by molar-refractivity contribution is 0.145. The molecule has 0 saturated heterocycles. The molecule has 0 aliphatic carbocycles. The Balaban J connectivity index is 1.49. The first kappa shape index (κ1) is 28.6. The van der Waals surface area contributed by atoms with E-state index < -0.39 is 0 Å². The first-order chi connectivity index (χ1) is 19.3. The first-order valence-corrected chi connectivity index (χ1v) is 16.0. The number of rotatable bonds is 10. The first-order valence-electron chi connectivity index (χ1n) is 12.2. The summed E-state index contributed by atoms with van der Waals surface area (Å²) in [6.45, 7) is 2.98. The van der Waals surface area contributed by atoms with E-state index in [-0.39, 0.29) is 16.9 Å². The fraction of sp³-hybridized carbons (Fsp3) is 0.357. The van der Waals surface area contributed by atoms with Crippen molar-refractivity contribution >= 4 is 45.8 Å². The molecule has 0 atom stereocenters. The Bertz CT molecular complexity index is 1410. The summed E-state index contributed by atoms with van der Waals surface area (Å²) in [4.78, 5) is 3.59. The van der Waals surface area contributed by atoms with E-state index >= 15 is 0 Å². The van der Waals surface area contributed by atoms with E-state index in [0.717, 1.165) is 19.5 Å². The molecule has 2 N–H and O–H groups in total. The van der Waals surface area contributed by atoms with E-state index in [0.29, 0.717) is 64.8 Å². The molecule has 3 aromatic heterocycles. The zero-order valence-corrected chi connectivity index (χ0v) is 26.0. The van der Waals surface area contributed by atoms with E-state index in [1.165, 1.54) is 34.8 Å². The summed E-state index contributed by atoms with van der Waals surface area (Å²) in [6.07, 6.45) is 0. The molecule has 5 rings (SSSR count). The van der Waals surface area contributed by atoms with Crippen molar-refractivity contribution < 1.29 is 38.6 Å². The van der Waals surface area contributed by atoms with Crippen LogP contribution in [-0.2, 0) is 5.75 Å². The van der Waals surface area contributed by atoms with Crippen molar-refractivity contribution in [3.8, 4) is 65.5 Å². The molecule has 0 radical (unpaired) electrons. The van der Waals surface area contributed by atoms with E-state index in [9.17, 15) is 10.2 Å². The van der Waals surface area contributed by atoms with Crippen LogP contribution in [-0.4, -0.2) is 57.6 Å². The summed E-state index contributed by atoms with van der Waals surface area (Å²) in [7, 11) is 6.50. The van der Waals surface area contributed by atoms with Crippen LogP contribution in [0, 0.1) is 5.41 Å². The van der Waals surface area contributed by atoms with Gasteiger partial charge in [-0.3, -0.25) is 0 Å². The number of thioether (sulfide) groups is 1. The van der Waals surface area contributed by atoms with Crippen molar-refractivity contribution in [1.82, 2.24) is 0 Å². The van der Waals surface area contributed by atoms with Gasteiger partial charge in [0.15, 0.2) is 34.5 Å². The van der Waals surface area contributed by atoms with E-state index in [2.05, 4.69) is 6.92 Å². The van der Waals surface area contributed by atoms with Gasteiger partial charge in [0.2, 0.25) is 0 Å². The molecule has 40 heavy (non-hydrogen) atoms. The highest BCUT2D eigenvalue weighted by Crippen LogP contribution is 2.61. The SMILES string of the molecule is COc1csc(-c2sc(-c3scc(OC)c3OC)c3c2OCC(C)(CSCc2cc(O)ccc2O)CO3)c1OC. The van der Waals surface area contributed by atoms with Crippen LogP contribution < -0.4 is 28.4 Å².